The number of carbonyl (C=O) groups excluding carboxylic acids is 2. The molecule has 0 fully saturated rings. The number of esters is 2. The van der Waals surface area contributed by atoms with Gasteiger partial charge in [0.15, 0.2) is 0 Å². The normalized spacial score (nSPS) is 11.0. The van der Waals surface area contributed by atoms with Crippen molar-refractivity contribution in [3.05, 3.63) is 65.2 Å². The summed E-state index contributed by atoms with van der Waals surface area (Å²) >= 11 is 5.71. The molecule has 2 rings (SSSR count). The average Bonchev–Trinajstić information content (AvgIpc) is 2.66. The van der Waals surface area contributed by atoms with E-state index in [0.29, 0.717) is 10.6 Å². The molecule has 0 aliphatic carbocycles. The molecule has 0 atom stereocenters. The molecule has 0 saturated heterocycles. The number of halogens is 1. The van der Waals surface area contributed by atoms with Crippen molar-refractivity contribution >= 4 is 33.6 Å². The Morgan fingerprint density at radius 1 is 0.926 bits per heavy atom. The molecule has 0 unspecified atom stereocenters. The van der Waals surface area contributed by atoms with Crippen LogP contribution in [-0.2, 0) is 24.3 Å². The van der Waals surface area contributed by atoms with Gasteiger partial charge in [0.05, 0.1) is 16.9 Å². The zero-order valence-electron chi connectivity index (χ0n) is 14.3. The van der Waals surface area contributed by atoms with E-state index in [2.05, 4.69) is 4.72 Å². The number of hydrogen-bond acceptors (Lipinski definition) is 6. The van der Waals surface area contributed by atoms with Crippen LogP contribution in [0.25, 0.3) is 0 Å². The highest BCUT2D eigenvalue weighted by molar-refractivity contribution is 7.89. The number of nitrogens with one attached hydrogen (secondary N) is 1. The minimum Gasteiger partial charge on any atom is -0.462 e. The first kappa shape index (κ1) is 20.9. The van der Waals surface area contributed by atoms with Crippen LogP contribution in [0.5, 0.6) is 0 Å². The highest BCUT2D eigenvalue weighted by atomic mass is 35.5. The van der Waals surface area contributed by atoms with Gasteiger partial charge in [0.25, 0.3) is 0 Å². The van der Waals surface area contributed by atoms with E-state index in [0.717, 1.165) is 0 Å². The number of rotatable bonds is 9. The Kier molecular flexibility index (Phi) is 7.78. The lowest BCUT2D eigenvalue weighted by molar-refractivity contribution is -0.144. The largest absolute Gasteiger partial charge is 0.462 e. The van der Waals surface area contributed by atoms with Crippen molar-refractivity contribution in [2.75, 3.05) is 19.8 Å². The van der Waals surface area contributed by atoms with Crippen molar-refractivity contribution in [2.24, 2.45) is 0 Å². The summed E-state index contributed by atoms with van der Waals surface area (Å²) < 4.78 is 36.2. The molecule has 2 aromatic rings. The van der Waals surface area contributed by atoms with Gasteiger partial charge in [-0.1, -0.05) is 29.8 Å². The van der Waals surface area contributed by atoms with E-state index in [1.807, 2.05) is 0 Å². The predicted octanol–water partition coefficient (Wildman–Crippen LogP) is 2.41. The lowest BCUT2D eigenvalue weighted by Gasteiger charge is -2.08. The molecule has 0 aliphatic heterocycles. The number of sulfonamides is 1. The van der Waals surface area contributed by atoms with Crippen LogP contribution in [0.2, 0.25) is 5.02 Å². The van der Waals surface area contributed by atoms with Crippen molar-refractivity contribution in [2.45, 2.75) is 11.3 Å². The molecule has 7 nitrogen and oxygen atoms in total. The van der Waals surface area contributed by atoms with Gasteiger partial charge >= 0.3 is 11.9 Å². The Morgan fingerprint density at radius 3 is 2.22 bits per heavy atom. The van der Waals surface area contributed by atoms with Crippen molar-refractivity contribution in [3.8, 4) is 0 Å². The summed E-state index contributed by atoms with van der Waals surface area (Å²) in [6.45, 7) is -0.315. The monoisotopic (exact) mass is 411 g/mol. The highest BCUT2D eigenvalue weighted by Gasteiger charge is 2.14. The molecule has 0 aliphatic rings. The first-order valence-electron chi connectivity index (χ1n) is 8.01. The smallest absolute Gasteiger partial charge is 0.338 e. The second-order valence-electron chi connectivity index (χ2n) is 5.32. The third kappa shape index (κ3) is 7.01. The third-order valence-corrected chi connectivity index (χ3v) is 5.06. The van der Waals surface area contributed by atoms with Crippen LogP contribution in [0.1, 0.15) is 16.8 Å². The number of benzene rings is 2. The quantitative estimate of drug-likeness (QED) is 0.502. The summed E-state index contributed by atoms with van der Waals surface area (Å²) in [5.74, 6) is -1.12. The van der Waals surface area contributed by atoms with Crippen molar-refractivity contribution < 1.29 is 27.5 Å². The topological polar surface area (TPSA) is 98.8 Å². The zero-order chi connectivity index (χ0) is 19.7. The molecule has 0 aromatic heterocycles. The first-order valence-corrected chi connectivity index (χ1v) is 9.87. The molecular formula is C18H18ClNO6S. The van der Waals surface area contributed by atoms with Gasteiger partial charge in [0.2, 0.25) is 10.0 Å². The van der Waals surface area contributed by atoms with Gasteiger partial charge in [0.1, 0.15) is 13.2 Å². The Balaban J connectivity index is 1.65. The molecule has 0 radical (unpaired) electrons. The standard InChI is InChI=1S/C18H18ClNO6S/c19-15-6-8-16(9-7-15)27(23,24)20-11-10-17(21)25-12-13-26-18(22)14-4-2-1-3-5-14/h1-9,20H,10-13H2. The van der Waals surface area contributed by atoms with Gasteiger partial charge in [0, 0.05) is 11.6 Å². The first-order chi connectivity index (χ1) is 12.9. The van der Waals surface area contributed by atoms with E-state index in [1.165, 1.54) is 24.3 Å². The van der Waals surface area contributed by atoms with Crippen molar-refractivity contribution in [1.29, 1.82) is 0 Å². The highest BCUT2D eigenvalue weighted by Crippen LogP contribution is 2.13. The van der Waals surface area contributed by atoms with Crippen LogP contribution in [0.4, 0.5) is 0 Å². The molecule has 2 aromatic carbocycles. The molecule has 0 amide bonds. The van der Waals surface area contributed by atoms with Gasteiger partial charge in [-0.25, -0.2) is 17.9 Å². The molecule has 0 heterocycles. The lowest BCUT2D eigenvalue weighted by atomic mass is 10.2. The Hall–Kier alpha value is -2.42. The summed E-state index contributed by atoms with van der Waals surface area (Å²) in [6.07, 6.45) is -0.153. The van der Waals surface area contributed by atoms with Gasteiger partial charge in [-0.3, -0.25) is 4.79 Å². The molecule has 0 spiro atoms. The average molecular weight is 412 g/mol. The van der Waals surface area contributed by atoms with Gasteiger partial charge < -0.3 is 9.47 Å². The Bertz CT molecular complexity index is 868. The van der Waals surface area contributed by atoms with Crippen LogP contribution in [0.3, 0.4) is 0 Å². The number of carbonyl (C=O) groups is 2. The van der Waals surface area contributed by atoms with Crippen LogP contribution in [0.15, 0.2) is 59.5 Å². The summed E-state index contributed by atoms with van der Waals surface area (Å²) in [5, 5.41) is 0.422. The van der Waals surface area contributed by atoms with Crippen LogP contribution >= 0.6 is 11.6 Å². The van der Waals surface area contributed by atoms with E-state index in [1.54, 1.807) is 30.3 Å². The van der Waals surface area contributed by atoms with E-state index in [9.17, 15) is 18.0 Å². The van der Waals surface area contributed by atoms with E-state index < -0.39 is 22.0 Å². The summed E-state index contributed by atoms with van der Waals surface area (Å²) in [4.78, 5) is 23.3. The third-order valence-electron chi connectivity index (χ3n) is 3.33. The molecule has 27 heavy (non-hydrogen) atoms. The van der Waals surface area contributed by atoms with Gasteiger partial charge in [-0.15, -0.1) is 0 Å². The minimum absolute atomic E-state index is 0.0492. The SMILES string of the molecule is O=C(CCNS(=O)(=O)c1ccc(Cl)cc1)OCCOC(=O)c1ccccc1. The molecule has 0 bridgehead atoms. The second-order valence-corrected chi connectivity index (χ2v) is 7.53. The Morgan fingerprint density at radius 2 is 1.56 bits per heavy atom. The predicted molar refractivity (Wildman–Crippen MR) is 98.9 cm³/mol. The van der Waals surface area contributed by atoms with Crippen LogP contribution < -0.4 is 4.72 Å². The van der Waals surface area contributed by atoms with Gasteiger partial charge in [-0.05, 0) is 36.4 Å². The molecule has 144 valence electrons. The fourth-order valence-corrected chi connectivity index (χ4v) is 3.16. The van der Waals surface area contributed by atoms with Crippen molar-refractivity contribution in [3.63, 3.8) is 0 Å². The molecule has 0 saturated carbocycles. The minimum atomic E-state index is -3.73. The van der Waals surface area contributed by atoms with Crippen LogP contribution in [0, 0.1) is 0 Å². The second kappa shape index (κ2) is 10.1. The zero-order valence-corrected chi connectivity index (χ0v) is 15.8. The maximum absolute atomic E-state index is 12.0. The van der Waals surface area contributed by atoms with Gasteiger partial charge in [-0.2, -0.15) is 0 Å². The van der Waals surface area contributed by atoms with Crippen molar-refractivity contribution in [1.82, 2.24) is 4.72 Å². The summed E-state index contributed by atoms with van der Waals surface area (Å²) in [6, 6.07) is 14.1. The van der Waals surface area contributed by atoms with Crippen LogP contribution in [-0.4, -0.2) is 40.1 Å². The summed E-state index contributed by atoms with van der Waals surface area (Å²) in [5.41, 5.74) is 0.403. The fourth-order valence-electron chi connectivity index (χ4n) is 2.00. The number of ether oxygens (including phenoxy) is 2. The number of hydrogen-bond donors (Lipinski definition) is 1. The maximum atomic E-state index is 12.0. The maximum Gasteiger partial charge on any atom is 0.338 e. The Labute approximate surface area is 162 Å². The summed E-state index contributed by atoms with van der Waals surface area (Å²) in [7, 11) is -3.73. The lowest BCUT2D eigenvalue weighted by Crippen LogP contribution is -2.27. The van der Waals surface area contributed by atoms with E-state index >= 15 is 0 Å². The molecular weight excluding hydrogens is 394 g/mol. The fraction of sp³-hybridized carbons (Fsp3) is 0.222. The molecule has 9 heteroatoms. The van der Waals surface area contributed by atoms with E-state index in [-0.39, 0.29) is 31.1 Å². The molecule has 1 N–H and O–H groups in total. The van der Waals surface area contributed by atoms with E-state index in [4.69, 9.17) is 21.1 Å².